The molecule has 2 rings (SSSR count). The van der Waals surface area contributed by atoms with E-state index in [2.05, 4.69) is 28.1 Å². The summed E-state index contributed by atoms with van der Waals surface area (Å²) in [5.74, 6) is 0.0493. The van der Waals surface area contributed by atoms with Crippen LogP contribution in [0.25, 0.3) is 10.9 Å². The maximum absolute atomic E-state index is 11.5. The van der Waals surface area contributed by atoms with Gasteiger partial charge in [0.1, 0.15) is 0 Å². The van der Waals surface area contributed by atoms with Crippen molar-refractivity contribution in [1.82, 2.24) is 9.88 Å². The van der Waals surface area contributed by atoms with Crippen LogP contribution in [0.1, 0.15) is 6.42 Å². The Morgan fingerprint density at radius 1 is 1.29 bits per heavy atom. The number of aromatic nitrogens is 1. The van der Waals surface area contributed by atoms with Crippen LogP contribution in [0.5, 0.6) is 0 Å². The van der Waals surface area contributed by atoms with Gasteiger partial charge >= 0.3 is 0 Å². The molecular weight excluding hydrogens is 214 g/mol. The van der Waals surface area contributed by atoms with Gasteiger partial charge < -0.3 is 15.6 Å². The number of fused-ring (bicyclic) bond motifs is 1. The van der Waals surface area contributed by atoms with Crippen LogP contribution in [0.2, 0.25) is 0 Å². The fourth-order valence-corrected chi connectivity index (χ4v) is 1.86. The van der Waals surface area contributed by atoms with E-state index in [-0.39, 0.29) is 5.91 Å². The van der Waals surface area contributed by atoms with Gasteiger partial charge in [-0.05, 0) is 17.5 Å². The minimum Gasteiger partial charge on any atom is -0.355 e. The van der Waals surface area contributed by atoms with E-state index in [0.717, 1.165) is 0 Å². The van der Waals surface area contributed by atoms with Crippen molar-refractivity contribution >= 4 is 16.8 Å². The van der Waals surface area contributed by atoms with Crippen molar-refractivity contribution in [2.24, 2.45) is 5.73 Å². The number of hydrogen-bond donors (Lipinski definition) is 2. The van der Waals surface area contributed by atoms with E-state index < -0.39 is 0 Å². The monoisotopic (exact) mass is 231 g/mol. The van der Waals surface area contributed by atoms with Crippen molar-refractivity contribution in [3.05, 3.63) is 36.5 Å². The number of benzene rings is 1. The Morgan fingerprint density at radius 3 is 2.94 bits per heavy atom. The van der Waals surface area contributed by atoms with E-state index in [4.69, 9.17) is 5.73 Å². The fourth-order valence-electron chi connectivity index (χ4n) is 1.86. The first-order valence-corrected chi connectivity index (χ1v) is 5.82. The molecule has 0 aliphatic carbocycles. The number of carbonyl (C=O) groups is 1. The van der Waals surface area contributed by atoms with Gasteiger partial charge in [-0.2, -0.15) is 0 Å². The number of hydrogen-bond acceptors (Lipinski definition) is 2. The molecule has 4 heteroatoms. The molecule has 0 atom stereocenters. The molecule has 0 unspecified atom stereocenters. The average Bonchev–Trinajstić information content (AvgIpc) is 2.77. The minimum atomic E-state index is 0.0493. The van der Waals surface area contributed by atoms with Gasteiger partial charge in [0.2, 0.25) is 5.91 Å². The third kappa shape index (κ3) is 2.85. The number of rotatable bonds is 5. The van der Waals surface area contributed by atoms with Crippen LogP contribution >= 0.6 is 0 Å². The number of amides is 1. The highest BCUT2D eigenvalue weighted by molar-refractivity contribution is 5.80. The molecule has 3 N–H and O–H groups in total. The second-order valence-corrected chi connectivity index (χ2v) is 3.96. The first-order chi connectivity index (χ1) is 8.31. The van der Waals surface area contributed by atoms with E-state index in [9.17, 15) is 4.79 Å². The Labute approximate surface area is 100 Å². The summed E-state index contributed by atoms with van der Waals surface area (Å²) in [4.78, 5) is 11.5. The minimum absolute atomic E-state index is 0.0493. The average molecular weight is 231 g/mol. The largest absolute Gasteiger partial charge is 0.355 e. The Bertz CT molecular complexity index is 504. The van der Waals surface area contributed by atoms with Gasteiger partial charge in [-0.25, -0.2) is 0 Å². The molecule has 1 aromatic heterocycles. The summed E-state index contributed by atoms with van der Waals surface area (Å²) in [5, 5.41) is 3.97. The smallest absolute Gasteiger partial charge is 0.221 e. The molecule has 0 saturated heterocycles. The van der Waals surface area contributed by atoms with E-state index in [0.29, 0.717) is 26.1 Å². The third-order valence-electron chi connectivity index (χ3n) is 2.73. The quantitative estimate of drug-likeness (QED) is 0.809. The highest BCUT2D eigenvalue weighted by Crippen LogP contribution is 2.15. The van der Waals surface area contributed by atoms with Gasteiger partial charge in [-0.1, -0.05) is 18.2 Å². The maximum atomic E-state index is 11.5. The SMILES string of the molecule is NCCNC(=O)CCn1ccc2ccccc21. The van der Waals surface area contributed by atoms with Crippen LogP contribution < -0.4 is 11.1 Å². The number of nitrogens with zero attached hydrogens (tertiary/aromatic N) is 1. The Hall–Kier alpha value is -1.81. The van der Waals surface area contributed by atoms with Crippen LogP contribution in [-0.2, 0) is 11.3 Å². The van der Waals surface area contributed by atoms with Gasteiger partial charge in [-0.3, -0.25) is 4.79 Å². The molecule has 1 aromatic carbocycles. The summed E-state index contributed by atoms with van der Waals surface area (Å²) in [6.07, 6.45) is 2.50. The number of nitrogens with one attached hydrogen (secondary N) is 1. The fraction of sp³-hybridized carbons (Fsp3) is 0.308. The van der Waals surface area contributed by atoms with E-state index in [1.807, 2.05) is 18.3 Å². The Morgan fingerprint density at radius 2 is 2.12 bits per heavy atom. The van der Waals surface area contributed by atoms with Gasteiger partial charge in [0.05, 0.1) is 0 Å². The van der Waals surface area contributed by atoms with E-state index >= 15 is 0 Å². The first-order valence-electron chi connectivity index (χ1n) is 5.82. The standard InChI is InChI=1S/C13H17N3O/c14-7-8-15-13(17)6-10-16-9-5-11-3-1-2-4-12(11)16/h1-5,9H,6-8,10,14H2,(H,15,17). The lowest BCUT2D eigenvalue weighted by Crippen LogP contribution is -2.29. The van der Waals surface area contributed by atoms with Crippen molar-refractivity contribution in [1.29, 1.82) is 0 Å². The third-order valence-corrected chi connectivity index (χ3v) is 2.73. The lowest BCUT2D eigenvalue weighted by Gasteiger charge is -2.06. The number of aryl methyl sites for hydroxylation is 1. The van der Waals surface area contributed by atoms with Crippen molar-refractivity contribution in [3.8, 4) is 0 Å². The van der Waals surface area contributed by atoms with Crippen molar-refractivity contribution in [2.75, 3.05) is 13.1 Å². The summed E-state index contributed by atoms with van der Waals surface area (Å²) >= 11 is 0. The molecule has 0 aliphatic heterocycles. The maximum Gasteiger partial charge on any atom is 0.221 e. The summed E-state index contributed by atoms with van der Waals surface area (Å²) in [6.45, 7) is 1.73. The van der Waals surface area contributed by atoms with Crippen LogP contribution in [0, 0.1) is 0 Å². The van der Waals surface area contributed by atoms with Crippen molar-refractivity contribution in [3.63, 3.8) is 0 Å². The molecule has 0 aliphatic rings. The zero-order chi connectivity index (χ0) is 12.1. The van der Waals surface area contributed by atoms with Gasteiger partial charge in [0.25, 0.3) is 0 Å². The normalized spacial score (nSPS) is 10.6. The molecule has 4 nitrogen and oxygen atoms in total. The Kier molecular flexibility index (Phi) is 3.77. The topological polar surface area (TPSA) is 60.0 Å². The zero-order valence-corrected chi connectivity index (χ0v) is 9.73. The van der Waals surface area contributed by atoms with Crippen LogP contribution in [0.15, 0.2) is 36.5 Å². The predicted molar refractivity (Wildman–Crippen MR) is 68.6 cm³/mol. The summed E-state index contributed by atoms with van der Waals surface area (Å²) in [6, 6.07) is 10.2. The van der Waals surface area contributed by atoms with Gasteiger partial charge in [-0.15, -0.1) is 0 Å². The van der Waals surface area contributed by atoms with E-state index in [1.54, 1.807) is 0 Å². The molecular formula is C13H17N3O. The molecule has 0 saturated carbocycles. The predicted octanol–water partition coefficient (Wildman–Crippen LogP) is 1.11. The molecule has 17 heavy (non-hydrogen) atoms. The molecule has 0 bridgehead atoms. The molecule has 0 radical (unpaired) electrons. The van der Waals surface area contributed by atoms with Crippen molar-refractivity contribution < 1.29 is 4.79 Å². The van der Waals surface area contributed by atoms with E-state index in [1.165, 1.54) is 10.9 Å². The number of carbonyl (C=O) groups excluding carboxylic acids is 1. The summed E-state index contributed by atoms with van der Waals surface area (Å²) in [5.41, 5.74) is 6.49. The van der Waals surface area contributed by atoms with Crippen LogP contribution in [0.3, 0.4) is 0 Å². The van der Waals surface area contributed by atoms with Crippen molar-refractivity contribution in [2.45, 2.75) is 13.0 Å². The highest BCUT2D eigenvalue weighted by Gasteiger charge is 2.03. The molecule has 0 spiro atoms. The summed E-state index contributed by atoms with van der Waals surface area (Å²) < 4.78 is 2.09. The first kappa shape index (κ1) is 11.7. The highest BCUT2D eigenvalue weighted by atomic mass is 16.1. The molecule has 2 aromatic rings. The summed E-state index contributed by atoms with van der Waals surface area (Å²) in [7, 11) is 0. The number of nitrogens with two attached hydrogens (primary N) is 1. The van der Waals surface area contributed by atoms with Gasteiger partial charge in [0.15, 0.2) is 0 Å². The van der Waals surface area contributed by atoms with Crippen LogP contribution in [-0.4, -0.2) is 23.6 Å². The molecule has 0 fully saturated rings. The van der Waals surface area contributed by atoms with Crippen LogP contribution in [0.4, 0.5) is 0 Å². The Balaban J connectivity index is 1.97. The zero-order valence-electron chi connectivity index (χ0n) is 9.73. The molecule has 1 heterocycles. The second-order valence-electron chi connectivity index (χ2n) is 3.96. The number of para-hydroxylation sites is 1. The lowest BCUT2D eigenvalue weighted by atomic mass is 10.2. The second kappa shape index (κ2) is 5.50. The lowest BCUT2D eigenvalue weighted by molar-refractivity contribution is -0.121. The molecule has 90 valence electrons. The molecule has 1 amide bonds. The van der Waals surface area contributed by atoms with Gasteiger partial charge in [0, 0.05) is 37.8 Å².